The number of imidazole rings is 1. The first-order valence-electron chi connectivity index (χ1n) is 10.3. The van der Waals surface area contributed by atoms with Gasteiger partial charge in [-0.3, -0.25) is 4.79 Å². The molecule has 172 valence electrons. The Morgan fingerprint density at radius 3 is 2.44 bits per heavy atom. The van der Waals surface area contributed by atoms with Crippen molar-refractivity contribution in [2.75, 3.05) is 27.3 Å². The molecule has 0 N–H and O–H groups in total. The van der Waals surface area contributed by atoms with Crippen LogP contribution in [0.4, 0.5) is 0 Å². The van der Waals surface area contributed by atoms with Crippen LogP contribution >= 0.6 is 0 Å². The Kier molecular flexibility index (Phi) is 7.20. The lowest BCUT2D eigenvalue weighted by molar-refractivity contribution is -0.144. The molecular formula is C23H29N3O5S. The minimum Gasteiger partial charge on any atom is -0.489 e. The van der Waals surface area contributed by atoms with Crippen molar-refractivity contribution in [3.05, 3.63) is 53.3 Å². The molecule has 0 fully saturated rings. The molecule has 0 saturated heterocycles. The smallest absolute Gasteiger partial charge is 0.306 e. The largest absolute Gasteiger partial charge is 0.489 e. The van der Waals surface area contributed by atoms with Gasteiger partial charge >= 0.3 is 5.97 Å². The summed E-state index contributed by atoms with van der Waals surface area (Å²) >= 11 is 0. The maximum atomic E-state index is 12.4. The minimum atomic E-state index is -3.54. The molecule has 3 aromatic rings. The van der Waals surface area contributed by atoms with Crippen molar-refractivity contribution >= 4 is 27.0 Å². The fraction of sp³-hybridized carbons (Fsp3) is 0.391. The van der Waals surface area contributed by atoms with Crippen LogP contribution in [0, 0.1) is 13.8 Å². The molecule has 0 saturated carbocycles. The Balaban J connectivity index is 1.56. The molecule has 0 bridgehead atoms. The summed E-state index contributed by atoms with van der Waals surface area (Å²) in [7, 11) is 1.28. The molecule has 32 heavy (non-hydrogen) atoms. The third-order valence-electron chi connectivity index (χ3n) is 5.28. The summed E-state index contributed by atoms with van der Waals surface area (Å²) in [4.78, 5) is 16.9. The van der Waals surface area contributed by atoms with Gasteiger partial charge in [-0.25, -0.2) is 17.7 Å². The SMILES string of the molecule is Cc1cccc(C)c1OCCOC(=O)CCc1nc2cc(S(=O)(=O)N(C)C)ccc2n1C. The molecule has 1 aromatic heterocycles. The summed E-state index contributed by atoms with van der Waals surface area (Å²) in [6.07, 6.45) is 0.556. The number of ether oxygens (including phenoxy) is 2. The predicted molar refractivity (Wildman–Crippen MR) is 122 cm³/mol. The zero-order valence-electron chi connectivity index (χ0n) is 19.1. The van der Waals surface area contributed by atoms with Crippen molar-refractivity contribution in [2.24, 2.45) is 7.05 Å². The van der Waals surface area contributed by atoms with E-state index in [4.69, 9.17) is 9.47 Å². The summed E-state index contributed by atoms with van der Waals surface area (Å²) in [5.41, 5.74) is 3.45. The third kappa shape index (κ3) is 5.11. The van der Waals surface area contributed by atoms with E-state index >= 15 is 0 Å². The molecule has 0 aliphatic rings. The van der Waals surface area contributed by atoms with Gasteiger partial charge in [0.25, 0.3) is 0 Å². The van der Waals surface area contributed by atoms with Gasteiger partial charge < -0.3 is 14.0 Å². The van der Waals surface area contributed by atoms with Crippen LogP contribution in [0.15, 0.2) is 41.3 Å². The Hall–Kier alpha value is -2.91. The third-order valence-corrected chi connectivity index (χ3v) is 7.09. The molecule has 2 aromatic carbocycles. The molecule has 0 radical (unpaired) electrons. The average Bonchev–Trinajstić information content (AvgIpc) is 3.06. The summed E-state index contributed by atoms with van der Waals surface area (Å²) in [5.74, 6) is 1.17. The summed E-state index contributed by atoms with van der Waals surface area (Å²) in [5, 5.41) is 0. The first kappa shape index (κ1) is 23.7. The lowest BCUT2D eigenvalue weighted by Crippen LogP contribution is -2.22. The zero-order valence-corrected chi connectivity index (χ0v) is 19.9. The first-order valence-corrected chi connectivity index (χ1v) is 11.8. The van der Waals surface area contributed by atoms with Crippen molar-refractivity contribution < 1.29 is 22.7 Å². The highest BCUT2D eigenvalue weighted by molar-refractivity contribution is 7.89. The van der Waals surface area contributed by atoms with Gasteiger partial charge in [0.05, 0.1) is 22.3 Å². The van der Waals surface area contributed by atoms with Crippen LogP contribution in [0.25, 0.3) is 11.0 Å². The predicted octanol–water partition coefficient (Wildman–Crippen LogP) is 3.00. The van der Waals surface area contributed by atoms with Gasteiger partial charge in [0.2, 0.25) is 10.0 Å². The van der Waals surface area contributed by atoms with Gasteiger partial charge in [0.1, 0.15) is 24.8 Å². The maximum absolute atomic E-state index is 12.4. The number of aryl methyl sites for hydroxylation is 4. The van der Waals surface area contributed by atoms with Crippen molar-refractivity contribution in [1.29, 1.82) is 0 Å². The molecule has 0 unspecified atom stereocenters. The van der Waals surface area contributed by atoms with Crippen LogP contribution in [0.1, 0.15) is 23.4 Å². The zero-order chi connectivity index (χ0) is 23.5. The van der Waals surface area contributed by atoms with Crippen LogP contribution < -0.4 is 4.74 Å². The van der Waals surface area contributed by atoms with E-state index in [1.807, 2.05) is 43.7 Å². The number of fused-ring (bicyclic) bond motifs is 1. The lowest BCUT2D eigenvalue weighted by atomic mass is 10.1. The number of hydrogen-bond donors (Lipinski definition) is 0. The van der Waals surface area contributed by atoms with Crippen LogP contribution in [-0.2, 0) is 33.0 Å². The van der Waals surface area contributed by atoms with Crippen LogP contribution in [-0.4, -0.2) is 55.6 Å². The van der Waals surface area contributed by atoms with Crippen LogP contribution in [0.2, 0.25) is 0 Å². The van der Waals surface area contributed by atoms with E-state index in [9.17, 15) is 13.2 Å². The second-order valence-electron chi connectivity index (χ2n) is 7.81. The summed E-state index contributed by atoms with van der Waals surface area (Å²) in [6, 6.07) is 10.8. The average molecular weight is 460 g/mol. The van der Waals surface area contributed by atoms with Gasteiger partial charge in [-0.15, -0.1) is 0 Å². The number of nitrogens with zero attached hydrogens (tertiary/aromatic N) is 3. The number of rotatable bonds is 9. The van der Waals surface area contributed by atoms with E-state index < -0.39 is 10.0 Å². The van der Waals surface area contributed by atoms with Gasteiger partial charge in [-0.2, -0.15) is 0 Å². The molecule has 0 amide bonds. The van der Waals surface area contributed by atoms with E-state index in [0.29, 0.717) is 17.8 Å². The highest BCUT2D eigenvalue weighted by Gasteiger charge is 2.19. The van der Waals surface area contributed by atoms with E-state index in [1.54, 1.807) is 18.2 Å². The van der Waals surface area contributed by atoms with Gasteiger partial charge in [-0.05, 0) is 43.2 Å². The maximum Gasteiger partial charge on any atom is 0.306 e. The van der Waals surface area contributed by atoms with Crippen LogP contribution in [0.3, 0.4) is 0 Å². The van der Waals surface area contributed by atoms with Crippen LogP contribution in [0.5, 0.6) is 5.75 Å². The number of sulfonamides is 1. The molecule has 8 nitrogen and oxygen atoms in total. The van der Waals surface area contributed by atoms with Gasteiger partial charge in [0, 0.05) is 27.6 Å². The first-order chi connectivity index (χ1) is 15.1. The molecular weight excluding hydrogens is 430 g/mol. The highest BCUT2D eigenvalue weighted by atomic mass is 32.2. The molecule has 0 aliphatic carbocycles. The Morgan fingerprint density at radius 1 is 1.09 bits per heavy atom. The van der Waals surface area contributed by atoms with Crippen molar-refractivity contribution in [1.82, 2.24) is 13.9 Å². The Labute approximate surface area is 188 Å². The molecule has 0 atom stereocenters. The fourth-order valence-corrected chi connectivity index (χ4v) is 4.36. The number of para-hydroxylation sites is 1. The molecule has 1 heterocycles. The molecule has 9 heteroatoms. The number of benzene rings is 2. The number of hydrogen-bond acceptors (Lipinski definition) is 6. The van der Waals surface area contributed by atoms with Crippen molar-refractivity contribution in [2.45, 2.75) is 31.6 Å². The highest BCUT2D eigenvalue weighted by Crippen LogP contribution is 2.23. The van der Waals surface area contributed by atoms with Gasteiger partial charge in [0.15, 0.2) is 0 Å². The minimum absolute atomic E-state index is 0.168. The lowest BCUT2D eigenvalue weighted by Gasteiger charge is -2.12. The number of esters is 1. The standard InChI is InChI=1S/C23H29N3O5S/c1-16-7-6-8-17(2)23(16)31-14-13-30-22(27)12-11-21-24-19-15-18(32(28,29)25(3)4)9-10-20(19)26(21)5/h6-10,15H,11-14H2,1-5H3. The molecule has 0 aliphatic heterocycles. The number of aromatic nitrogens is 2. The second-order valence-corrected chi connectivity index (χ2v) is 9.97. The Morgan fingerprint density at radius 2 is 1.78 bits per heavy atom. The quantitative estimate of drug-likeness (QED) is 0.361. The normalized spacial score (nSPS) is 11.8. The Bertz CT molecular complexity index is 1210. The van der Waals surface area contributed by atoms with E-state index in [1.165, 1.54) is 14.1 Å². The molecule has 0 spiro atoms. The van der Waals surface area contributed by atoms with E-state index in [2.05, 4.69) is 4.98 Å². The second kappa shape index (κ2) is 9.70. The summed E-state index contributed by atoms with van der Waals surface area (Å²) in [6.45, 7) is 4.40. The van der Waals surface area contributed by atoms with E-state index in [-0.39, 0.29) is 30.5 Å². The van der Waals surface area contributed by atoms with Crippen molar-refractivity contribution in [3.63, 3.8) is 0 Å². The van der Waals surface area contributed by atoms with Crippen molar-refractivity contribution in [3.8, 4) is 5.75 Å². The van der Waals surface area contributed by atoms with Gasteiger partial charge in [-0.1, -0.05) is 18.2 Å². The summed E-state index contributed by atoms with van der Waals surface area (Å²) < 4.78 is 38.8. The number of carbonyl (C=O) groups excluding carboxylic acids is 1. The topological polar surface area (TPSA) is 90.7 Å². The fourth-order valence-electron chi connectivity index (χ4n) is 3.44. The number of carbonyl (C=O) groups is 1. The monoisotopic (exact) mass is 459 g/mol. The molecule has 3 rings (SSSR count). The van der Waals surface area contributed by atoms with E-state index in [0.717, 1.165) is 26.7 Å².